The minimum absolute atomic E-state index is 0.114. The van der Waals surface area contributed by atoms with Gasteiger partial charge in [-0.25, -0.2) is 0 Å². The van der Waals surface area contributed by atoms with Gasteiger partial charge in [0.15, 0.2) is 0 Å². The predicted octanol–water partition coefficient (Wildman–Crippen LogP) is 1.22. The molecule has 0 amide bonds. The minimum Gasteiger partial charge on any atom is -0.267 e. The fourth-order valence-electron chi connectivity index (χ4n) is 0.362. The predicted molar refractivity (Wildman–Crippen MR) is 34.6 cm³/mol. The number of rotatable bonds is 0. The van der Waals surface area contributed by atoms with Crippen LogP contribution in [0.5, 0.6) is 0 Å². The molecule has 0 radical (unpaired) electrons. The fraction of sp³-hybridized carbons (Fsp3) is 0.250. The van der Waals surface area contributed by atoms with Crippen molar-refractivity contribution in [3.63, 3.8) is 0 Å². The van der Waals surface area contributed by atoms with Crippen LogP contribution in [0.2, 0.25) is 0 Å². The second-order valence-electron chi connectivity index (χ2n) is 1.46. The van der Waals surface area contributed by atoms with Crippen molar-refractivity contribution in [2.45, 2.75) is 6.92 Å². The highest BCUT2D eigenvalue weighted by Gasteiger charge is 1.95. The van der Waals surface area contributed by atoms with Crippen LogP contribution in [-0.2, 0) is 0 Å². The highest BCUT2D eigenvalue weighted by Crippen LogP contribution is 1.98. The Bertz CT molecular complexity index is 216. The van der Waals surface area contributed by atoms with Gasteiger partial charge in [-0.05, 0) is 18.5 Å². The molecule has 0 saturated carbocycles. The summed E-state index contributed by atoms with van der Waals surface area (Å²) in [6.07, 6.45) is 0. The fourth-order valence-corrected chi connectivity index (χ4v) is 1.21. The number of aryl methyl sites for hydroxylation is 1. The molecule has 2 nitrogen and oxygen atoms in total. The van der Waals surface area contributed by atoms with Crippen LogP contribution in [0.25, 0.3) is 0 Å². The number of halogens is 1. The molecule has 0 spiro atoms. The Balaban J connectivity index is 3.42. The molecule has 0 aromatic carbocycles. The third-order valence-electron chi connectivity index (χ3n) is 0.819. The van der Waals surface area contributed by atoms with E-state index in [0.29, 0.717) is 5.56 Å². The van der Waals surface area contributed by atoms with Crippen LogP contribution >= 0.6 is 23.3 Å². The molecule has 4 heteroatoms. The summed E-state index contributed by atoms with van der Waals surface area (Å²) in [6, 6.07) is 0. The highest BCUT2D eigenvalue weighted by atomic mass is 35.5. The summed E-state index contributed by atoms with van der Waals surface area (Å²) in [7, 11) is 0. The van der Waals surface area contributed by atoms with E-state index in [0.717, 1.165) is 3.48 Å². The normalized spacial score (nSPS) is 9.75. The lowest BCUT2D eigenvalue weighted by Crippen LogP contribution is -2.05. The smallest absolute Gasteiger partial charge is 0.267 e. The zero-order chi connectivity index (χ0) is 6.15. The van der Waals surface area contributed by atoms with E-state index in [2.05, 4.69) is 0 Å². The minimum atomic E-state index is -0.114. The Morgan fingerprint density at radius 1 is 1.88 bits per heavy atom. The van der Waals surface area contributed by atoms with Crippen molar-refractivity contribution in [1.29, 1.82) is 0 Å². The van der Waals surface area contributed by atoms with Gasteiger partial charge in [-0.1, -0.05) is 0 Å². The van der Waals surface area contributed by atoms with E-state index in [1.165, 1.54) is 11.5 Å². The lowest BCUT2D eigenvalue weighted by molar-refractivity contribution is 1.25. The molecule has 0 aliphatic heterocycles. The van der Waals surface area contributed by atoms with Crippen molar-refractivity contribution in [3.8, 4) is 0 Å². The summed E-state index contributed by atoms with van der Waals surface area (Å²) < 4.78 is 1.08. The average molecular weight is 150 g/mol. The molecule has 1 heterocycles. The summed E-state index contributed by atoms with van der Waals surface area (Å²) in [5.74, 6) is 0. The molecule has 0 atom stereocenters. The van der Waals surface area contributed by atoms with E-state index in [1.54, 1.807) is 12.3 Å². The van der Waals surface area contributed by atoms with Gasteiger partial charge in [0.2, 0.25) is 0 Å². The third kappa shape index (κ3) is 0.788. The van der Waals surface area contributed by atoms with Crippen LogP contribution in [0, 0.1) is 6.92 Å². The maximum absolute atomic E-state index is 10.6. The summed E-state index contributed by atoms with van der Waals surface area (Å²) in [5, 5.41) is 1.72. The Morgan fingerprint density at radius 3 is 2.62 bits per heavy atom. The molecule has 0 unspecified atom stereocenters. The Kier molecular flexibility index (Phi) is 1.40. The highest BCUT2D eigenvalue weighted by molar-refractivity contribution is 7.06. The molecule has 0 saturated heterocycles. The van der Waals surface area contributed by atoms with Gasteiger partial charge < -0.3 is 0 Å². The second kappa shape index (κ2) is 1.91. The van der Waals surface area contributed by atoms with Crippen LogP contribution in [0.1, 0.15) is 5.56 Å². The maximum Gasteiger partial charge on any atom is 0.278 e. The van der Waals surface area contributed by atoms with Gasteiger partial charge >= 0.3 is 0 Å². The molecule has 1 rings (SSSR count). The standard InChI is InChI=1S/C4H4ClNOS/c1-3-2-8-6(5)4(3)7/h2H,1H3. The number of aromatic nitrogens is 1. The van der Waals surface area contributed by atoms with Crippen LogP contribution < -0.4 is 5.56 Å². The van der Waals surface area contributed by atoms with Crippen LogP contribution in [0.15, 0.2) is 10.2 Å². The van der Waals surface area contributed by atoms with Crippen molar-refractivity contribution >= 4 is 23.3 Å². The van der Waals surface area contributed by atoms with E-state index in [4.69, 9.17) is 11.8 Å². The van der Waals surface area contributed by atoms with Gasteiger partial charge in [-0.3, -0.25) is 4.79 Å². The molecule has 0 N–H and O–H groups in total. The molecule has 0 fully saturated rings. The average Bonchev–Trinajstić information content (AvgIpc) is 1.98. The summed E-state index contributed by atoms with van der Waals surface area (Å²) in [6.45, 7) is 1.73. The van der Waals surface area contributed by atoms with E-state index < -0.39 is 0 Å². The lowest BCUT2D eigenvalue weighted by Gasteiger charge is -1.73. The zero-order valence-electron chi connectivity index (χ0n) is 4.22. The second-order valence-corrected chi connectivity index (χ2v) is 2.81. The van der Waals surface area contributed by atoms with E-state index >= 15 is 0 Å². The largest absolute Gasteiger partial charge is 0.278 e. The van der Waals surface area contributed by atoms with Crippen molar-refractivity contribution in [3.05, 3.63) is 21.3 Å². The van der Waals surface area contributed by atoms with Crippen molar-refractivity contribution in [1.82, 2.24) is 3.48 Å². The Morgan fingerprint density at radius 2 is 2.50 bits per heavy atom. The third-order valence-corrected chi connectivity index (χ3v) is 2.02. The molecule has 0 aliphatic rings. The molecule has 1 aromatic rings. The van der Waals surface area contributed by atoms with Gasteiger partial charge in [0.05, 0.1) is 0 Å². The van der Waals surface area contributed by atoms with Crippen LogP contribution in [0.4, 0.5) is 0 Å². The monoisotopic (exact) mass is 149 g/mol. The zero-order valence-corrected chi connectivity index (χ0v) is 5.79. The summed E-state index contributed by atoms with van der Waals surface area (Å²) in [5.41, 5.74) is 0.585. The van der Waals surface area contributed by atoms with E-state index in [1.807, 2.05) is 0 Å². The molecule has 1 aromatic heterocycles. The first kappa shape index (κ1) is 5.85. The maximum atomic E-state index is 10.6. The van der Waals surface area contributed by atoms with Gasteiger partial charge in [-0.15, -0.1) is 0 Å². The Hall–Kier alpha value is -0.280. The quantitative estimate of drug-likeness (QED) is 0.544. The molecule has 44 valence electrons. The summed E-state index contributed by atoms with van der Waals surface area (Å²) in [4.78, 5) is 10.6. The first-order valence-electron chi connectivity index (χ1n) is 2.05. The van der Waals surface area contributed by atoms with Crippen molar-refractivity contribution in [2.75, 3.05) is 0 Å². The number of hydrogen-bond donors (Lipinski definition) is 0. The number of nitrogens with zero attached hydrogens (tertiary/aromatic N) is 1. The van der Waals surface area contributed by atoms with E-state index in [9.17, 15) is 4.79 Å². The Labute approximate surface area is 55.6 Å². The molecule has 8 heavy (non-hydrogen) atoms. The SMILES string of the molecule is Cc1csn(Cl)c1=O. The van der Waals surface area contributed by atoms with Crippen LogP contribution in [-0.4, -0.2) is 3.48 Å². The van der Waals surface area contributed by atoms with Crippen molar-refractivity contribution < 1.29 is 0 Å². The molecule has 0 bridgehead atoms. The lowest BCUT2D eigenvalue weighted by atomic mass is 10.4. The first-order chi connectivity index (χ1) is 3.72. The van der Waals surface area contributed by atoms with Gasteiger partial charge in [0.25, 0.3) is 5.56 Å². The molecular weight excluding hydrogens is 146 g/mol. The van der Waals surface area contributed by atoms with E-state index in [-0.39, 0.29) is 5.56 Å². The van der Waals surface area contributed by atoms with Gasteiger partial charge in [-0.2, -0.15) is 3.48 Å². The van der Waals surface area contributed by atoms with Gasteiger partial charge in [0.1, 0.15) is 0 Å². The molecular formula is C4H4ClNOS. The van der Waals surface area contributed by atoms with Crippen molar-refractivity contribution in [2.24, 2.45) is 0 Å². The molecule has 0 aliphatic carbocycles. The summed E-state index contributed by atoms with van der Waals surface area (Å²) >= 11 is 6.55. The first-order valence-corrected chi connectivity index (χ1v) is 3.23. The topological polar surface area (TPSA) is 22.0 Å². The number of hydrogen-bond acceptors (Lipinski definition) is 2. The van der Waals surface area contributed by atoms with Crippen LogP contribution in [0.3, 0.4) is 0 Å². The van der Waals surface area contributed by atoms with Gasteiger partial charge in [0, 0.05) is 22.7 Å².